The summed E-state index contributed by atoms with van der Waals surface area (Å²) in [7, 11) is -2.20. The molecule has 17 heavy (non-hydrogen) atoms. The van der Waals surface area contributed by atoms with Gasteiger partial charge in [-0.1, -0.05) is 6.42 Å². The van der Waals surface area contributed by atoms with Crippen molar-refractivity contribution in [2.75, 3.05) is 26.7 Å². The first-order chi connectivity index (χ1) is 7.96. The molecule has 0 bridgehead atoms. The standard InChI is InChI=1S/C10H19N3O3S/c1-11-17(15,16)12-7-9(14)13-6-5-10(8-13)3-2-4-10/h11-12H,2-8H2,1H3. The Morgan fingerprint density at radius 1 is 1.35 bits per heavy atom. The lowest BCUT2D eigenvalue weighted by Gasteiger charge is -2.37. The molecule has 1 saturated heterocycles. The molecule has 2 N–H and O–H groups in total. The largest absolute Gasteiger partial charge is 0.341 e. The van der Waals surface area contributed by atoms with Crippen molar-refractivity contribution < 1.29 is 13.2 Å². The Hall–Kier alpha value is -0.660. The Morgan fingerprint density at radius 2 is 2.06 bits per heavy atom. The number of nitrogens with one attached hydrogen (secondary N) is 2. The highest BCUT2D eigenvalue weighted by molar-refractivity contribution is 7.87. The first-order valence-electron chi connectivity index (χ1n) is 5.92. The Bertz CT molecular complexity index is 403. The van der Waals surface area contributed by atoms with Gasteiger partial charge in [-0.25, -0.2) is 4.72 Å². The van der Waals surface area contributed by atoms with Crippen LogP contribution in [0.3, 0.4) is 0 Å². The second kappa shape index (κ2) is 4.55. The van der Waals surface area contributed by atoms with E-state index in [4.69, 9.17) is 0 Å². The molecule has 2 aliphatic rings. The van der Waals surface area contributed by atoms with E-state index < -0.39 is 10.2 Å². The summed E-state index contributed by atoms with van der Waals surface area (Å²) in [5.41, 5.74) is 0.359. The van der Waals surface area contributed by atoms with E-state index in [1.807, 2.05) is 0 Å². The van der Waals surface area contributed by atoms with Crippen LogP contribution in [0.1, 0.15) is 25.7 Å². The Balaban J connectivity index is 1.81. The maximum Gasteiger partial charge on any atom is 0.277 e. The highest BCUT2D eigenvalue weighted by Crippen LogP contribution is 2.47. The van der Waals surface area contributed by atoms with Crippen LogP contribution in [0.15, 0.2) is 0 Å². The smallest absolute Gasteiger partial charge is 0.277 e. The highest BCUT2D eigenvalue weighted by atomic mass is 32.2. The molecular weight excluding hydrogens is 242 g/mol. The molecule has 6 nitrogen and oxygen atoms in total. The van der Waals surface area contributed by atoms with Gasteiger partial charge in [0.25, 0.3) is 10.2 Å². The first-order valence-corrected chi connectivity index (χ1v) is 7.41. The quantitative estimate of drug-likeness (QED) is 0.712. The van der Waals surface area contributed by atoms with E-state index in [-0.39, 0.29) is 12.5 Å². The van der Waals surface area contributed by atoms with E-state index in [1.165, 1.54) is 26.3 Å². The molecule has 2 rings (SSSR count). The van der Waals surface area contributed by atoms with Gasteiger partial charge in [-0.15, -0.1) is 0 Å². The van der Waals surface area contributed by atoms with Crippen molar-refractivity contribution in [2.24, 2.45) is 5.41 Å². The summed E-state index contributed by atoms with van der Waals surface area (Å²) in [6.07, 6.45) is 4.74. The monoisotopic (exact) mass is 261 g/mol. The minimum Gasteiger partial charge on any atom is -0.341 e. The second-order valence-electron chi connectivity index (χ2n) is 4.95. The predicted molar refractivity (Wildman–Crippen MR) is 63.5 cm³/mol. The Labute approximate surface area is 102 Å². The predicted octanol–water partition coefficient (Wildman–Crippen LogP) is -0.557. The van der Waals surface area contributed by atoms with E-state index in [1.54, 1.807) is 4.90 Å². The summed E-state index contributed by atoms with van der Waals surface area (Å²) in [5.74, 6) is -0.132. The van der Waals surface area contributed by atoms with E-state index in [2.05, 4.69) is 9.44 Å². The number of nitrogens with zero attached hydrogens (tertiary/aromatic N) is 1. The molecule has 0 unspecified atom stereocenters. The first kappa shape index (κ1) is 12.8. The number of hydrogen-bond donors (Lipinski definition) is 2. The Kier molecular flexibility index (Phi) is 3.42. The zero-order valence-electron chi connectivity index (χ0n) is 10.0. The maximum atomic E-state index is 11.8. The van der Waals surface area contributed by atoms with E-state index in [0.717, 1.165) is 19.5 Å². The molecule has 0 aromatic rings. The SMILES string of the molecule is CNS(=O)(=O)NCC(=O)N1CCC2(CCC2)C1. The van der Waals surface area contributed by atoms with Gasteiger partial charge in [0.05, 0.1) is 6.54 Å². The summed E-state index contributed by atoms with van der Waals surface area (Å²) >= 11 is 0. The van der Waals surface area contributed by atoms with Crippen LogP contribution in [-0.2, 0) is 15.0 Å². The van der Waals surface area contributed by atoms with Crippen LogP contribution in [-0.4, -0.2) is 45.9 Å². The molecule has 1 aliphatic carbocycles. The molecule has 0 aromatic carbocycles. The lowest BCUT2D eigenvalue weighted by molar-refractivity contribution is -0.129. The van der Waals surface area contributed by atoms with Crippen LogP contribution in [0.5, 0.6) is 0 Å². The molecule has 0 aromatic heterocycles. The summed E-state index contributed by atoms with van der Waals surface area (Å²) in [6, 6.07) is 0. The number of likely N-dealkylation sites (tertiary alicyclic amines) is 1. The lowest BCUT2D eigenvalue weighted by atomic mass is 9.68. The van der Waals surface area contributed by atoms with E-state index in [9.17, 15) is 13.2 Å². The van der Waals surface area contributed by atoms with Crippen LogP contribution in [0.2, 0.25) is 0 Å². The van der Waals surface area contributed by atoms with Crippen molar-refractivity contribution in [3.8, 4) is 0 Å². The highest BCUT2D eigenvalue weighted by Gasteiger charge is 2.43. The van der Waals surface area contributed by atoms with Crippen LogP contribution in [0.25, 0.3) is 0 Å². The minimum atomic E-state index is -3.51. The fourth-order valence-electron chi connectivity index (χ4n) is 2.57. The van der Waals surface area contributed by atoms with Crippen LogP contribution >= 0.6 is 0 Å². The zero-order chi connectivity index (χ0) is 12.5. The average molecular weight is 261 g/mol. The summed E-state index contributed by atoms with van der Waals surface area (Å²) in [4.78, 5) is 13.6. The molecule has 98 valence electrons. The van der Waals surface area contributed by atoms with Gasteiger partial charge in [-0.3, -0.25) is 4.79 Å². The van der Waals surface area contributed by atoms with Gasteiger partial charge >= 0.3 is 0 Å². The lowest BCUT2D eigenvalue weighted by Crippen LogP contribution is -2.43. The van der Waals surface area contributed by atoms with E-state index in [0.29, 0.717) is 5.41 Å². The number of amides is 1. The fraction of sp³-hybridized carbons (Fsp3) is 0.900. The molecule has 1 amide bonds. The molecule has 1 heterocycles. The van der Waals surface area contributed by atoms with Crippen molar-refractivity contribution in [1.29, 1.82) is 0 Å². The van der Waals surface area contributed by atoms with Crippen molar-refractivity contribution >= 4 is 16.1 Å². The average Bonchev–Trinajstić information content (AvgIpc) is 2.71. The van der Waals surface area contributed by atoms with E-state index >= 15 is 0 Å². The molecule has 0 radical (unpaired) electrons. The molecule has 1 saturated carbocycles. The van der Waals surface area contributed by atoms with Crippen molar-refractivity contribution in [3.63, 3.8) is 0 Å². The Morgan fingerprint density at radius 3 is 2.53 bits per heavy atom. The molecule has 1 aliphatic heterocycles. The van der Waals surface area contributed by atoms with Gasteiger partial charge in [0.2, 0.25) is 5.91 Å². The number of rotatable bonds is 4. The number of carbonyl (C=O) groups excluding carboxylic acids is 1. The van der Waals surface area contributed by atoms with Gasteiger partial charge in [0.1, 0.15) is 0 Å². The van der Waals surface area contributed by atoms with Gasteiger partial charge < -0.3 is 4.90 Å². The molecule has 0 atom stereocenters. The van der Waals surface area contributed by atoms with Gasteiger partial charge in [0.15, 0.2) is 0 Å². The number of hydrogen-bond acceptors (Lipinski definition) is 3. The third-order valence-corrected chi connectivity index (χ3v) is 4.95. The minimum absolute atomic E-state index is 0.132. The van der Waals surface area contributed by atoms with Gasteiger partial charge in [-0.05, 0) is 24.7 Å². The summed E-state index contributed by atoms with van der Waals surface area (Å²) in [5, 5.41) is 0. The molecule has 7 heteroatoms. The van der Waals surface area contributed by atoms with Gasteiger partial charge in [0, 0.05) is 20.1 Å². The molecule has 2 fully saturated rings. The zero-order valence-corrected chi connectivity index (χ0v) is 10.8. The van der Waals surface area contributed by atoms with Crippen molar-refractivity contribution in [2.45, 2.75) is 25.7 Å². The third-order valence-electron chi connectivity index (χ3n) is 3.89. The van der Waals surface area contributed by atoms with Crippen LogP contribution in [0, 0.1) is 5.41 Å². The third kappa shape index (κ3) is 2.78. The molecular formula is C10H19N3O3S. The van der Waals surface area contributed by atoms with Crippen LogP contribution < -0.4 is 9.44 Å². The van der Waals surface area contributed by atoms with Crippen LogP contribution in [0.4, 0.5) is 0 Å². The maximum absolute atomic E-state index is 11.8. The topological polar surface area (TPSA) is 78.5 Å². The summed E-state index contributed by atoms with van der Waals surface area (Å²) in [6.45, 7) is 1.41. The van der Waals surface area contributed by atoms with Crippen molar-refractivity contribution in [3.05, 3.63) is 0 Å². The fourth-order valence-corrected chi connectivity index (χ4v) is 3.03. The second-order valence-corrected chi connectivity index (χ2v) is 6.65. The normalized spacial score (nSPS) is 22.8. The van der Waals surface area contributed by atoms with Gasteiger partial charge in [-0.2, -0.15) is 13.1 Å². The summed E-state index contributed by atoms with van der Waals surface area (Å²) < 4.78 is 26.6. The molecule has 1 spiro atoms. The van der Waals surface area contributed by atoms with Crippen molar-refractivity contribution in [1.82, 2.24) is 14.3 Å². The number of carbonyl (C=O) groups is 1.